The lowest BCUT2D eigenvalue weighted by Gasteiger charge is -2.18. The molecule has 0 heterocycles. The van der Waals surface area contributed by atoms with Gasteiger partial charge in [-0.3, -0.25) is 0 Å². The van der Waals surface area contributed by atoms with Gasteiger partial charge in [0.15, 0.2) is 0 Å². The molecule has 2 aromatic carbocycles. The summed E-state index contributed by atoms with van der Waals surface area (Å²) in [6, 6.07) is 7.46. The van der Waals surface area contributed by atoms with Crippen LogP contribution in [-0.4, -0.2) is 0 Å². The Hall–Kier alpha value is -0.650. The average molecular weight is 425 g/mol. The summed E-state index contributed by atoms with van der Waals surface area (Å²) in [6.45, 7) is 1.85. The second-order valence-electron chi connectivity index (χ2n) is 4.28. The Kier molecular flexibility index (Phi) is 5.04. The quantitative estimate of drug-likeness (QED) is 0.568. The summed E-state index contributed by atoms with van der Waals surface area (Å²) < 4.78 is 28.0. The summed E-state index contributed by atoms with van der Waals surface area (Å²) >= 11 is 12.5. The predicted octanol–water partition coefficient (Wildman–Crippen LogP) is 6.32. The molecule has 1 nitrogen and oxygen atoms in total. The van der Waals surface area contributed by atoms with Crippen LogP contribution in [0.15, 0.2) is 39.3 Å². The van der Waals surface area contributed by atoms with E-state index in [0.29, 0.717) is 5.02 Å². The van der Waals surface area contributed by atoms with Crippen molar-refractivity contribution in [3.8, 4) is 0 Å². The zero-order valence-electron chi connectivity index (χ0n) is 10.4. The van der Waals surface area contributed by atoms with E-state index < -0.39 is 11.6 Å². The lowest BCUT2D eigenvalue weighted by Crippen LogP contribution is -2.09. The highest BCUT2D eigenvalue weighted by Crippen LogP contribution is 2.31. The second-order valence-corrected chi connectivity index (χ2v) is 6.46. The number of halogens is 5. The van der Waals surface area contributed by atoms with Gasteiger partial charge in [-0.2, -0.15) is 0 Å². The van der Waals surface area contributed by atoms with Crippen molar-refractivity contribution in [3.63, 3.8) is 0 Å². The fourth-order valence-electron chi connectivity index (χ4n) is 1.80. The minimum Gasteiger partial charge on any atom is -0.376 e. The van der Waals surface area contributed by atoms with E-state index in [1.165, 1.54) is 6.07 Å². The molecular formula is C14H10Br2ClF2N. The van der Waals surface area contributed by atoms with Crippen LogP contribution in [0, 0.1) is 11.6 Å². The molecule has 0 saturated heterocycles. The minimum atomic E-state index is -0.647. The van der Waals surface area contributed by atoms with E-state index in [1.54, 1.807) is 6.07 Å². The molecule has 2 rings (SSSR count). The molecule has 0 spiro atoms. The summed E-state index contributed by atoms with van der Waals surface area (Å²) in [5.74, 6) is -1.28. The highest BCUT2D eigenvalue weighted by atomic mass is 79.9. The topological polar surface area (TPSA) is 12.0 Å². The van der Waals surface area contributed by atoms with Gasteiger partial charge in [0, 0.05) is 15.6 Å². The third-order valence-electron chi connectivity index (χ3n) is 2.81. The third-order valence-corrected chi connectivity index (χ3v) is 4.24. The molecule has 6 heteroatoms. The van der Waals surface area contributed by atoms with Crippen LogP contribution in [0.3, 0.4) is 0 Å². The van der Waals surface area contributed by atoms with Gasteiger partial charge >= 0.3 is 0 Å². The van der Waals surface area contributed by atoms with Gasteiger partial charge in [0.25, 0.3) is 0 Å². The van der Waals surface area contributed by atoms with E-state index in [4.69, 9.17) is 11.6 Å². The van der Waals surface area contributed by atoms with Gasteiger partial charge in [-0.1, -0.05) is 33.6 Å². The molecule has 106 valence electrons. The Morgan fingerprint density at radius 2 is 1.80 bits per heavy atom. The van der Waals surface area contributed by atoms with E-state index in [1.807, 2.05) is 19.1 Å². The predicted molar refractivity (Wildman–Crippen MR) is 85.2 cm³/mol. The Morgan fingerprint density at radius 3 is 2.45 bits per heavy atom. The number of benzene rings is 2. The Morgan fingerprint density at radius 1 is 1.10 bits per heavy atom. The van der Waals surface area contributed by atoms with Gasteiger partial charge in [0.2, 0.25) is 0 Å². The molecule has 20 heavy (non-hydrogen) atoms. The van der Waals surface area contributed by atoms with E-state index in [2.05, 4.69) is 37.2 Å². The number of rotatable bonds is 3. The fraction of sp³-hybridized carbons (Fsp3) is 0.143. The van der Waals surface area contributed by atoms with E-state index in [9.17, 15) is 8.78 Å². The van der Waals surface area contributed by atoms with Crippen LogP contribution in [0.5, 0.6) is 0 Å². The minimum absolute atomic E-state index is 0.204. The maximum Gasteiger partial charge on any atom is 0.149 e. The Labute approximate surface area is 137 Å². The fourth-order valence-corrected chi connectivity index (χ4v) is 2.98. The van der Waals surface area contributed by atoms with Gasteiger partial charge < -0.3 is 5.32 Å². The van der Waals surface area contributed by atoms with Crippen molar-refractivity contribution in [1.82, 2.24) is 0 Å². The van der Waals surface area contributed by atoms with Crippen molar-refractivity contribution >= 4 is 49.1 Å². The van der Waals surface area contributed by atoms with Gasteiger partial charge in [0.1, 0.15) is 11.6 Å². The molecule has 0 amide bonds. The normalized spacial score (nSPS) is 12.3. The average Bonchev–Trinajstić information content (AvgIpc) is 2.35. The Bertz CT molecular complexity index is 649. The van der Waals surface area contributed by atoms with Crippen LogP contribution in [0.4, 0.5) is 14.5 Å². The first-order chi connectivity index (χ1) is 9.38. The molecular weight excluding hydrogens is 415 g/mol. The second kappa shape index (κ2) is 6.41. The van der Waals surface area contributed by atoms with Crippen molar-refractivity contribution < 1.29 is 8.78 Å². The van der Waals surface area contributed by atoms with Gasteiger partial charge in [0.05, 0.1) is 16.2 Å². The van der Waals surface area contributed by atoms with E-state index in [0.717, 1.165) is 16.1 Å². The first-order valence-corrected chi connectivity index (χ1v) is 7.71. The number of anilines is 1. The summed E-state index contributed by atoms with van der Waals surface area (Å²) in [4.78, 5) is 0. The van der Waals surface area contributed by atoms with E-state index >= 15 is 0 Å². The van der Waals surface area contributed by atoms with Gasteiger partial charge in [-0.25, -0.2) is 8.78 Å². The Balaban J connectivity index is 2.27. The maximum absolute atomic E-state index is 13.7. The van der Waals surface area contributed by atoms with Crippen LogP contribution < -0.4 is 5.32 Å². The monoisotopic (exact) mass is 423 g/mol. The summed E-state index contributed by atoms with van der Waals surface area (Å²) in [6.07, 6.45) is 0. The zero-order valence-corrected chi connectivity index (χ0v) is 14.3. The van der Waals surface area contributed by atoms with Crippen molar-refractivity contribution in [2.45, 2.75) is 13.0 Å². The smallest absolute Gasteiger partial charge is 0.149 e. The summed E-state index contributed by atoms with van der Waals surface area (Å²) in [5, 5.41) is 3.55. The first-order valence-electron chi connectivity index (χ1n) is 5.74. The summed E-state index contributed by atoms with van der Waals surface area (Å²) in [5.41, 5.74) is 1.04. The molecule has 0 aliphatic carbocycles. The van der Waals surface area contributed by atoms with E-state index in [-0.39, 0.29) is 16.2 Å². The maximum atomic E-state index is 13.7. The molecule has 0 aromatic heterocycles. The van der Waals surface area contributed by atoms with Crippen LogP contribution in [0.2, 0.25) is 5.02 Å². The molecule has 1 unspecified atom stereocenters. The molecule has 1 atom stereocenters. The number of hydrogen-bond donors (Lipinski definition) is 1. The number of hydrogen-bond acceptors (Lipinski definition) is 1. The zero-order chi connectivity index (χ0) is 14.9. The molecule has 1 N–H and O–H groups in total. The lowest BCUT2D eigenvalue weighted by molar-refractivity contribution is 0.579. The molecule has 0 aliphatic rings. The summed E-state index contributed by atoms with van der Waals surface area (Å²) in [7, 11) is 0. The van der Waals surface area contributed by atoms with Crippen LogP contribution in [-0.2, 0) is 0 Å². The van der Waals surface area contributed by atoms with Crippen molar-refractivity contribution in [3.05, 3.63) is 61.5 Å². The highest BCUT2D eigenvalue weighted by molar-refractivity contribution is 9.10. The van der Waals surface area contributed by atoms with Crippen LogP contribution in [0.1, 0.15) is 18.5 Å². The standard InChI is InChI=1S/C14H10Br2ClF2N/c1-7(9-3-2-8(15)4-11(9)17)20-14-5-10(16)12(18)6-13(14)19/h2-7,20H,1H3. The van der Waals surface area contributed by atoms with Crippen LogP contribution in [0.25, 0.3) is 0 Å². The largest absolute Gasteiger partial charge is 0.376 e. The molecule has 0 radical (unpaired) electrons. The van der Waals surface area contributed by atoms with Crippen molar-refractivity contribution in [2.75, 3.05) is 5.32 Å². The molecule has 2 aromatic rings. The highest BCUT2D eigenvalue weighted by Gasteiger charge is 2.14. The van der Waals surface area contributed by atoms with Crippen LogP contribution >= 0.6 is 43.5 Å². The number of nitrogens with one attached hydrogen (secondary N) is 1. The van der Waals surface area contributed by atoms with Gasteiger partial charge in [-0.05, 0) is 46.6 Å². The first kappa shape index (κ1) is 15.7. The molecule has 0 bridgehead atoms. The molecule has 0 saturated carbocycles. The molecule has 0 fully saturated rings. The van der Waals surface area contributed by atoms with Crippen molar-refractivity contribution in [2.24, 2.45) is 0 Å². The molecule has 0 aliphatic heterocycles. The lowest BCUT2D eigenvalue weighted by atomic mass is 10.1. The SMILES string of the molecule is CC(Nc1cc(Br)c(F)cc1F)c1ccc(Br)cc1Cl. The van der Waals surface area contributed by atoms with Crippen molar-refractivity contribution in [1.29, 1.82) is 0 Å². The van der Waals surface area contributed by atoms with Gasteiger partial charge in [-0.15, -0.1) is 0 Å². The third kappa shape index (κ3) is 3.51.